The summed E-state index contributed by atoms with van der Waals surface area (Å²) in [6, 6.07) is 11.4. The van der Waals surface area contributed by atoms with E-state index in [9.17, 15) is 9.59 Å². The molecule has 2 rings (SSSR count). The second-order valence-corrected chi connectivity index (χ2v) is 5.47. The zero-order valence-corrected chi connectivity index (χ0v) is 13.4. The largest absolute Gasteiger partial charge is 0.465 e. The van der Waals surface area contributed by atoms with Gasteiger partial charge >= 0.3 is 5.97 Å². The summed E-state index contributed by atoms with van der Waals surface area (Å²) in [5.74, 6) is -0.851. The van der Waals surface area contributed by atoms with Crippen molar-refractivity contribution in [3.8, 4) is 0 Å². The van der Waals surface area contributed by atoms with Gasteiger partial charge in [-0.15, -0.1) is 0 Å². The van der Waals surface area contributed by atoms with E-state index in [1.807, 2.05) is 0 Å². The lowest BCUT2D eigenvalue weighted by Gasteiger charge is -2.08. The second kappa shape index (κ2) is 6.74. The quantitative estimate of drug-likeness (QED) is 0.828. The molecule has 0 aliphatic rings. The Labute approximate surface area is 135 Å². The predicted octanol–water partition coefficient (Wildman–Crippen LogP) is 4.14. The number of methoxy groups -OCH3 is 1. The average Bonchev–Trinajstić information content (AvgIpc) is 2.49. The van der Waals surface area contributed by atoms with Gasteiger partial charge in [0, 0.05) is 10.0 Å². The molecule has 0 atom stereocenters. The molecule has 1 amide bonds. The van der Waals surface area contributed by atoms with E-state index in [0.717, 1.165) is 4.47 Å². The van der Waals surface area contributed by atoms with E-state index in [1.54, 1.807) is 36.4 Å². The molecule has 108 valence electrons. The number of carbonyl (C=O) groups excluding carboxylic acids is 2. The summed E-state index contributed by atoms with van der Waals surface area (Å²) < 4.78 is 5.44. The number of amides is 1. The highest BCUT2D eigenvalue weighted by Gasteiger charge is 2.12. The minimum atomic E-state index is -0.494. The van der Waals surface area contributed by atoms with Crippen molar-refractivity contribution in [2.75, 3.05) is 12.4 Å². The first-order valence-electron chi connectivity index (χ1n) is 5.96. The monoisotopic (exact) mass is 367 g/mol. The first kappa shape index (κ1) is 15.5. The first-order valence-corrected chi connectivity index (χ1v) is 7.13. The number of nitrogens with one attached hydrogen (secondary N) is 1. The van der Waals surface area contributed by atoms with Crippen molar-refractivity contribution < 1.29 is 14.3 Å². The highest BCUT2D eigenvalue weighted by molar-refractivity contribution is 9.10. The van der Waals surface area contributed by atoms with Gasteiger partial charge in [0.05, 0.1) is 23.4 Å². The molecule has 0 fully saturated rings. The third-order valence-corrected chi connectivity index (χ3v) is 3.53. The number of ether oxygens (including phenoxy) is 1. The lowest BCUT2D eigenvalue weighted by Crippen LogP contribution is -2.13. The Hall–Kier alpha value is -1.85. The van der Waals surface area contributed by atoms with E-state index < -0.39 is 5.97 Å². The SMILES string of the molecule is COC(=O)c1cccc(C(=O)Nc2ccc(Br)cc2Cl)c1. The third-order valence-electron chi connectivity index (χ3n) is 2.73. The fourth-order valence-corrected chi connectivity index (χ4v) is 2.41. The fourth-order valence-electron chi connectivity index (χ4n) is 1.69. The molecule has 0 aliphatic heterocycles. The molecular formula is C15H11BrClNO3. The molecule has 2 aromatic rings. The Morgan fingerprint density at radius 1 is 1.14 bits per heavy atom. The van der Waals surface area contributed by atoms with Crippen LogP contribution in [0.15, 0.2) is 46.9 Å². The highest BCUT2D eigenvalue weighted by atomic mass is 79.9. The summed E-state index contributed by atoms with van der Waals surface area (Å²) in [5.41, 5.74) is 1.15. The maximum atomic E-state index is 12.2. The summed E-state index contributed by atoms with van der Waals surface area (Å²) in [7, 11) is 1.29. The lowest BCUT2D eigenvalue weighted by atomic mass is 10.1. The van der Waals surface area contributed by atoms with E-state index >= 15 is 0 Å². The molecule has 0 spiro atoms. The topological polar surface area (TPSA) is 55.4 Å². The van der Waals surface area contributed by atoms with Crippen molar-refractivity contribution in [2.45, 2.75) is 0 Å². The Morgan fingerprint density at radius 2 is 1.86 bits per heavy atom. The van der Waals surface area contributed by atoms with Gasteiger partial charge in [-0.3, -0.25) is 4.79 Å². The molecule has 6 heteroatoms. The number of esters is 1. The molecule has 0 saturated carbocycles. The van der Waals surface area contributed by atoms with Crippen molar-refractivity contribution in [2.24, 2.45) is 0 Å². The summed E-state index contributed by atoms with van der Waals surface area (Å²) in [4.78, 5) is 23.6. The van der Waals surface area contributed by atoms with Crippen LogP contribution in [0.2, 0.25) is 5.02 Å². The number of anilines is 1. The molecular weight excluding hydrogens is 358 g/mol. The highest BCUT2D eigenvalue weighted by Crippen LogP contribution is 2.26. The number of halogens is 2. The van der Waals surface area contributed by atoms with Crippen LogP contribution in [0.3, 0.4) is 0 Å². The molecule has 0 bridgehead atoms. The van der Waals surface area contributed by atoms with E-state index in [-0.39, 0.29) is 5.91 Å². The molecule has 1 N–H and O–H groups in total. The molecule has 2 aromatic carbocycles. The van der Waals surface area contributed by atoms with E-state index in [1.165, 1.54) is 13.2 Å². The fraction of sp³-hybridized carbons (Fsp3) is 0.0667. The third kappa shape index (κ3) is 3.83. The second-order valence-electron chi connectivity index (χ2n) is 4.15. The number of rotatable bonds is 3. The lowest BCUT2D eigenvalue weighted by molar-refractivity contribution is 0.0600. The van der Waals surface area contributed by atoms with Crippen molar-refractivity contribution in [1.29, 1.82) is 0 Å². The van der Waals surface area contributed by atoms with Crippen LogP contribution in [0.4, 0.5) is 5.69 Å². The van der Waals surface area contributed by atoms with Crippen LogP contribution in [-0.4, -0.2) is 19.0 Å². The zero-order valence-electron chi connectivity index (χ0n) is 11.0. The van der Waals surface area contributed by atoms with Gasteiger partial charge in [-0.05, 0) is 36.4 Å². The van der Waals surface area contributed by atoms with E-state index in [0.29, 0.717) is 21.8 Å². The van der Waals surface area contributed by atoms with Crippen molar-refractivity contribution in [3.05, 3.63) is 63.1 Å². The summed E-state index contributed by atoms with van der Waals surface area (Å²) in [6.45, 7) is 0. The van der Waals surface area contributed by atoms with Crippen molar-refractivity contribution in [3.63, 3.8) is 0 Å². The van der Waals surface area contributed by atoms with Crippen LogP contribution in [0, 0.1) is 0 Å². The van der Waals surface area contributed by atoms with Gasteiger partial charge in [-0.2, -0.15) is 0 Å². The van der Waals surface area contributed by atoms with Crippen LogP contribution >= 0.6 is 27.5 Å². The molecule has 4 nitrogen and oxygen atoms in total. The average molecular weight is 369 g/mol. The van der Waals surface area contributed by atoms with Gasteiger partial charge in [-0.25, -0.2) is 4.79 Å². The van der Waals surface area contributed by atoms with Gasteiger partial charge in [-0.1, -0.05) is 33.6 Å². The van der Waals surface area contributed by atoms with Crippen molar-refractivity contribution >= 4 is 45.1 Å². The van der Waals surface area contributed by atoms with E-state index in [2.05, 4.69) is 26.0 Å². The van der Waals surface area contributed by atoms with Crippen LogP contribution in [0.25, 0.3) is 0 Å². The maximum absolute atomic E-state index is 12.2. The smallest absolute Gasteiger partial charge is 0.337 e. The Kier molecular flexibility index (Phi) is 4.98. The van der Waals surface area contributed by atoms with E-state index in [4.69, 9.17) is 11.6 Å². The molecule has 0 radical (unpaired) electrons. The number of benzene rings is 2. The van der Waals surface area contributed by atoms with Crippen LogP contribution < -0.4 is 5.32 Å². The summed E-state index contributed by atoms with van der Waals surface area (Å²) >= 11 is 9.34. The van der Waals surface area contributed by atoms with Gasteiger partial charge < -0.3 is 10.1 Å². The first-order chi connectivity index (χ1) is 10.0. The Bertz CT molecular complexity index is 703. The number of hydrogen-bond acceptors (Lipinski definition) is 3. The predicted molar refractivity (Wildman–Crippen MR) is 84.9 cm³/mol. The van der Waals surface area contributed by atoms with Crippen molar-refractivity contribution in [1.82, 2.24) is 0 Å². The minimum absolute atomic E-state index is 0.312. The number of carbonyl (C=O) groups is 2. The van der Waals surface area contributed by atoms with Crippen LogP contribution in [-0.2, 0) is 4.74 Å². The Morgan fingerprint density at radius 3 is 2.52 bits per heavy atom. The molecule has 21 heavy (non-hydrogen) atoms. The standard InChI is InChI=1S/C15H11BrClNO3/c1-21-15(20)10-4-2-3-9(7-10)14(19)18-13-6-5-11(16)8-12(13)17/h2-8H,1H3,(H,18,19). The molecule has 0 heterocycles. The van der Waals surface area contributed by atoms with Gasteiger partial charge in [0.2, 0.25) is 0 Å². The summed E-state index contributed by atoms with van der Waals surface area (Å²) in [5, 5.41) is 3.11. The Balaban J connectivity index is 2.22. The molecule has 0 unspecified atom stereocenters. The van der Waals surface area contributed by atoms with Gasteiger partial charge in [0.1, 0.15) is 0 Å². The maximum Gasteiger partial charge on any atom is 0.337 e. The normalized spacial score (nSPS) is 10.0. The minimum Gasteiger partial charge on any atom is -0.465 e. The molecule has 0 saturated heterocycles. The van der Waals surface area contributed by atoms with Gasteiger partial charge in [0.25, 0.3) is 5.91 Å². The summed E-state index contributed by atoms with van der Waals surface area (Å²) in [6.07, 6.45) is 0. The van der Waals surface area contributed by atoms with Crippen LogP contribution in [0.5, 0.6) is 0 Å². The van der Waals surface area contributed by atoms with Crippen LogP contribution in [0.1, 0.15) is 20.7 Å². The van der Waals surface area contributed by atoms with Gasteiger partial charge in [0.15, 0.2) is 0 Å². The number of hydrogen-bond donors (Lipinski definition) is 1. The zero-order chi connectivity index (χ0) is 15.4. The molecule has 0 aliphatic carbocycles. The molecule has 0 aromatic heterocycles.